The van der Waals surface area contributed by atoms with E-state index in [-0.39, 0.29) is 12.0 Å². The van der Waals surface area contributed by atoms with E-state index in [9.17, 15) is 0 Å². The molecule has 48 heavy (non-hydrogen) atoms. The first-order valence-electron chi connectivity index (χ1n) is 16.3. The van der Waals surface area contributed by atoms with Crippen LogP contribution in [-0.4, -0.2) is 16.1 Å². The maximum absolute atomic E-state index is 6.62. The third-order valence-electron chi connectivity index (χ3n) is 9.63. The highest BCUT2D eigenvalue weighted by Crippen LogP contribution is 2.48. The first-order chi connectivity index (χ1) is 23.8. The maximum Gasteiger partial charge on any atom is 0.168 e. The number of hydrogen-bond acceptors (Lipinski definition) is 4. The highest BCUT2D eigenvalue weighted by molar-refractivity contribution is 6.13. The number of fused-ring (bicyclic) bond motifs is 7. The second-order valence-electron chi connectivity index (χ2n) is 12.5. The molecular formula is C44H28N2O2. The molecule has 0 saturated carbocycles. The monoisotopic (exact) mass is 616 g/mol. The summed E-state index contributed by atoms with van der Waals surface area (Å²) in [6.45, 7) is 0. The van der Waals surface area contributed by atoms with Gasteiger partial charge in [-0.25, -0.2) is 9.97 Å². The van der Waals surface area contributed by atoms with Crippen LogP contribution in [0.2, 0.25) is 0 Å². The zero-order valence-corrected chi connectivity index (χ0v) is 25.9. The summed E-state index contributed by atoms with van der Waals surface area (Å²) in [5, 5.41) is 4.51. The molecule has 4 heteroatoms. The van der Waals surface area contributed by atoms with Gasteiger partial charge in [0.1, 0.15) is 23.0 Å². The Morgan fingerprint density at radius 3 is 2.15 bits per heavy atom. The van der Waals surface area contributed by atoms with Gasteiger partial charge in [0.2, 0.25) is 0 Å². The number of hydrogen-bond donors (Lipinski definition) is 0. The van der Waals surface area contributed by atoms with Gasteiger partial charge in [0.25, 0.3) is 0 Å². The molecule has 0 fully saturated rings. The second kappa shape index (κ2) is 10.6. The van der Waals surface area contributed by atoms with Crippen LogP contribution in [0.4, 0.5) is 0 Å². The van der Waals surface area contributed by atoms with E-state index < -0.39 is 0 Å². The Kier molecular flexibility index (Phi) is 5.97. The van der Waals surface area contributed by atoms with Crippen molar-refractivity contribution < 1.29 is 9.15 Å². The molecule has 8 aromatic rings. The third kappa shape index (κ3) is 4.30. The molecule has 0 saturated heterocycles. The van der Waals surface area contributed by atoms with Crippen LogP contribution in [0.3, 0.4) is 0 Å². The van der Waals surface area contributed by atoms with E-state index in [0.717, 1.165) is 66.9 Å². The number of rotatable bonds is 4. The molecule has 0 amide bonds. The van der Waals surface area contributed by atoms with Gasteiger partial charge in [-0.05, 0) is 63.4 Å². The lowest BCUT2D eigenvalue weighted by Gasteiger charge is -2.13. The summed E-state index contributed by atoms with van der Waals surface area (Å²) >= 11 is 0. The molecule has 4 nitrogen and oxygen atoms in total. The van der Waals surface area contributed by atoms with Crippen molar-refractivity contribution in [3.8, 4) is 50.6 Å². The lowest BCUT2D eigenvalue weighted by Crippen LogP contribution is -2.16. The Hall–Kier alpha value is -6.26. The lowest BCUT2D eigenvalue weighted by molar-refractivity contribution is 0.269. The molecule has 1 aliphatic carbocycles. The lowest BCUT2D eigenvalue weighted by atomic mass is 9.94. The predicted molar refractivity (Wildman–Crippen MR) is 194 cm³/mol. The van der Waals surface area contributed by atoms with Crippen LogP contribution in [0.5, 0.6) is 5.75 Å². The Bertz CT molecular complexity index is 2600. The third-order valence-corrected chi connectivity index (χ3v) is 9.63. The van der Waals surface area contributed by atoms with Gasteiger partial charge < -0.3 is 9.15 Å². The molecule has 3 heterocycles. The van der Waals surface area contributed by atoms with Gasteiger partial charge in [0.15, 0.2) is 11.6 Å². The molecule has 2 aliphatic rings. The maximum atomic E-state index is 6.62. The van der Waals surface area contributed by atoms with Gasteiger partial charge in [0.05, 0.1) is 11.6 Å². The fourth-order valence-corrected chi connectivity index (χ4v) is 7.22. The number of benzene rings is 6. The summed E-state index contributed by atoms with van der Waals surface area (Å²) in [4.78, 5) is 10.4. The van der Waals surface area contributed by atoms with Crippen molar-refractivity contribution in [2.75, 3.05) is 0 Å². The Labute approximate surface area is 277 Å². The van der Waals surface area contributed by atoms with Crippen LogP contribution >= 0.6 is 0 Å². The van der Waals surface area contributed by atoms with E-state index in [2.05, 4.69) is 133 Å². The van der Waals surface area contributed by atoms with Crippen molar-refractivity contribution in [2.45, 2.75) is 12.0 Å². The van der Waals surface area contributed by atoms with Crippen molar-refractivity contribution in [2.24, 2.45) is 0 Å². The Balaban J connectivity index is 1.13. The minimum atomic E-state index is -0.112. The van der Waals surface area contributed by atoms with Gasteiger partial charge in [-0.3, -0.25) is 0 Å². The van der Waals surface area contributed by atoms with Crippen LogP contribution < -0.4 is 4.74 Å². The molecule has 0 spiro atoms. The molecule has 6 aromatic carbocycles. The van der Waals surface area contributed by atoms with Crippen molar-refractivity contribution in [1.29, 1.82) is 0 Å². The number of ether oxygens (including phenoxy) is 1. The van der Waals surface area contributed by atoms with Crippen molar-refractivity contribution in [3.05, 3.63) is 163 Å². The van der Waals surface area contributed by atoms with E-state index in [1.54, 1.807) is 0 Å². The van der Waals surface area contributed by atoms with Gasteiger partial charge >= 0.3 is 0 Å². The van der Waals surface area contributed by atoms with Crippen molar-refractivity contribution in [1.82, 2.24) is 9.97 Å². The fourth-order valence-electron chi connectivity index (χ4n) is 7.22. The van der Waals surface area contributed by atoms with E-state index in [0.29, 0.717) is 5.82 Å². The number of nitrogens with zero attached hydrogens (tertiary/aromatic N) is 2. The standard InChI is InChI=1S/C44H28N2O2/c1-2-9-27(10-3-1)29-17-20-30(21-18-29)44-45-41-35-13-6-7-15-37(35)48-43(41)42(46-44)36-14-8-16-38-40(36)34-24-23-33(26-39(34)47-38)32-22-19-28-11-4-5-12-31(28)25-32/h1-26,35,37H. The van der Waals surface area contributed by atoms with Gasteiger partial charge in [-0.15, -0.1) is 0 Å². The SMILES string of the molecule is C1=CC2Oc3c(-c4cccc5oc6cc(-c7ccc8ccccc8c7)ccc6c45)nc(-c4ccc(-c5ccccc5)cc4)nc3C2C=C1. The predicted octanol–water partition coefficient (Wildman–Crippen LogP) is 11.2. The van der Waals surface area contributed by atoms with E-state index >= 15 is 0 Å². The summed E-state index contributed by atoms with van der Waals surface area (Å²) in [7, 11) is 0. The Morgan fingerprint density at radius 1 is 0.521 bits per heavy atom. The molecule has 2 aromatic heterocycles. The van der Waals surface area contributed by atoms with Gasteiger partial charge in [0, 0.05) is 21.9 Å². The molecule has 0 N–H and O–H groups in total. The van der Waals surface area contributed by atoms with Crippen LogP contribution in [-0.2, 0) is 0 Å². The normalized spacial score (nSPS) is 16.3. The summed E-state index contributed by atoms with van der Waals surface area (Å²) in [5.41, 5.74) is 9.88. The zero-order chi connectivity index (χ0) is 31.6. The topological polar surface area (TPSA) is 48.2 Å². The summed E-state index contributed by atoms with van der Waals surface area (Å²) in [6.07, 6.45) is 8.29. The highest BCUT2D eigenvalue weighted by Gasteiger charge is 2.37. The van der Waals surface area contributed by atoms with Gasteiger partial charge in [-0.1, -0.05) is 127 Å². The van der Waals surface area contributed by atoms with E-state index in [1.807, 2.05) is 24.3 Å². The molecule has 0 radical (unpaired) electrons. The number of allylic oxidation sites excluding steroid dienone is 2. The average molecular weight is 617 g/mol. The van der Waals surface area contributed by atoms with E-state index in [1.165, 1.54) is 16.3 Å². The largest absolute Gasteiger partial charge is 0.481 e. The number of aromatic nitrogens is 2. The second-order valence-corrected chi connectivity index (χ2v) is 12.5. The zero-order valence-electron chi connectivity index (χ0n) is 25.9. The highest BCUT2D eigenvalue weighted by atomic mass is 16.5. The molecule has 0 bridgehead atoms. The van der Waals surface area contributed by atoms with Crippen LogP contribution in [0, 0.1) is 0 Å². The average Bonchev–Trinajstić information content (AvgIpc) is 3.73. The summed E-state index contributed by atoms with van der Waals surface area (Å²) < 4.78 is 13.2. The minimum absolute atomic E-state index is 0.0268. The smallest absolute Gasteiger partial charge is 0.168 e. The van der Waals surface area contributed by atoms with E-state index in [4.69, 9.17) is 19.1 Å². The first kappa shape index (κ1) is 26.9. The first-order valence-corrected chi connectivity index (χ1v) is 16.3. The minimum Gasteiger partial charge on any atom is -0.481 e. The molecular weight excluding hydrogens is 588 g/mol. The fraction of sp³-hybridized carbons (Fsp3) is 0.0455. The van der Waals surface area contributed by atoms with Crippen LogP contribution in [0.25, 0.3) is 77.6 Å². The molecule has 10 rings (SSSR count). The molecule has 1 aliphatic heterocycles. The van der Waals surface area contributed by atoms with Crippen LogP contribution in [0.1, 0.15) is 11.6 Å². The van der Waals surface area contributed by atoms with Crippen LogP contribution in [0.15, 0.2) is 162 Å². The molecule has 2 unspecified atom stereocenters. The quantitative estimate of drug-likeness (QED) is 0.197. The summed E-state index contributed by atoms with van der Waals surface area (Å²) in [5.74, 6) is 1.44. The Morgan fingerprint density at radius 2 is 1.25 bits per heavy atom. The van der Waals surface area contributed by atoms with Gasteiger partial charge in [-0.2, -0.15) is 0 Å². The summed E-state index contributed by atoms with van der Waals surface area (Å²) in [6, 6.07) is 46.6. The molecule has 2 atom stereocenters. The number of furan rings is 1. The van der Waals surface area contributed by atoms with Crippen molar-refractivity contribution in [3.63, 3.8) is 0 Å². The molecule has 226 valence electrons. The van der Waals surface area contributed by atoms with Crippen molar-refractivity contribution >= 4 is 32.7 Å².